The molecule has 94 valence electrons. The van der Waals surface area contributed by atoms with Crippen LogP contribution >= 0.6 is 0 Å². The van der Waals surface area contributed by atoms with E-state index in [9.17, 15) is 9.90 Å². The number of hydrogen-bond donors (Lipinski definition) is 1. The number of aromatic nitrogens is 2. The number of anilines is 1. The van der Waals surface area contributed by atoms with Gasteiger partial charge in [0.05, 0.1) is 6.10 Å². The Balaban J connectivity index is 2.32. The van der Waals surface area contributed by atoms with Crippen LogP contribution in [-0.2, 0) is 0 Å². The fourth-order valence-electron chi connectivity index (χ4n) is 2.18. The van der Waals surface area contributed by atoms with Crippen LogP contribution in [0.4, 0.5) is 5.82 Å². The highest BCUT2D eigenvalue weighted by atomic mass is 16.3. The van der Waals surface area contributed by atoms with E-state index in [4.69, 9.17) is 0 Å². The molecule has 1 aliphatic rings. The smallest absolute Gasteiger partial charge is 0.293 e. The molecule has 5 heteroatoms. The normalized spacial score (nSPS) is 20.9. The Hall–Kier alpha value is -1.36. The topological polar surface area (TPSA) is 58.4 Å². The number of β-amino-alcohol motifs (C(OH)–C–C–N with tert-alkyl or cyclic N) is 1. The molecule has 0 radical (unpaired) electrons. The van der Waals surface area contributed by atoms with Gasteiger partial charge in [0.1, 0.15) is 0 Å². The summed E-state index contributed by atoms with van der Waals surface area (Å²) < 4.78 is 1.67. The van der Waals surface area contributed by atoms with Gasteiger partial charge in [-0.25, -0.2) is 4.98 Å². The molecule has 1 fully saturated rings. The minimum Gasteiger partial charge on any atom is -0.391 e. The lowest BCUT2D eigenvalue weighted by molar-refractivity contribution is 0.153. The monoisotopic (exact) mass is 237 g/mol. The fraction of sp³-hybridized carbons (Fsp3) is 0.667. The molecular formula is C12H19N3O2. The molecule has 1 saturated heterocycles. The molecule has 5 nitrogen and oxygen atoms in total. The van der Waals surface area contributed by atoms with Crippen molar-refractivity contribution in [2.75, 3.05) is 18.0 Å². The van der Waals surface area contributed by atoms with E-state index in [-0.39, 0.29) is 17.7 Å². The molecular weight excluding hydrogens is 218 g/mol. The zero-order chi connectivity index (χ0) is 12.4. The van der Waals surface area contributed by atoms with Gasteiger partial charge < -0.3 is 14.6 Å². The van der Waals surface area contributed by atoms with Crippen molar-refractivity contribution >= 4 is 5.82 Å². The lowest BCUT2D eigenvalue weighted by Crippen LogP contribution is -2.42. The van der Waals surface area contributed by atoms with E-state index in [1.54, 1.807) is 17.0 Å². The Kier molecular flexibility index (Phi) is 3.47. The highest BCUT2D eigenvalue weighted by Gasteiger charge is 2.21. The van der Waals surface area contributed by atoms with Crippen molar-refractivity contribution in [3.63, 3.8) is 0 Å². The van der Waals surface area contributed by atoms with Gasteiger partial charge in [-0.05, 0) is 26.7 Å². The highest BCUT2D eigenvalue weighted by Crippen LogP contribution is 2.14. The summed E-state index contributed by atoms with van der Waals surface area (Å²) in [6.45, 7) is 5.23. The van der Waals surface area contributed by atoms with Crippen LogP contribution in [-0.4, -0.2) is 33.9 Å². The Morgan fingerprint density at radius 2 is 2.29 bits per heavy atom. The number of nitrogens with zero attached hydrogens (tertiary/aromatic N) is 3. The molecule has 0 amide bonds. The van der Waals surface area contributed by atoms with Crippen LogP contribution in [0.5, 0.6) is 0 Å². The molecule has 1 aromatic heterocycles. The van der Waals surface area contributed by atoms with E-state index in [1.165, 1.54) is 0 Å². The van der Waals surface area contributed by atoms with Crippen LogP contribution in [0.3, 0.4) is 0 Å². The van der Waals surface area contributed by atoms with Crippen molar-refractivity contribution in [1.82, 2.24) is 9.55 Å². The number of aliphatic hydroxyl groups is 1. The summed E-state index contributed by atoms with van der Waals surface area (Å²) in [6.07, 6.45) is 4.72. The standard InChI is InChI=1S/C12H19N3O2/c1-9(2)15-7-5-13-11(12(15)17)14-6-3-4-10(16)8-14/h5,7,9-10,16H,3-4,6,8H2,1-2H3/t10-/m0/s1. The first-order chi connectivity index (χ1) is 8.09. The lowest BCUT2D eigenvalue weighted by Gasteiger charge is -2.30. The average Bonchev–Trinajstić information content (AvgIpc) is 2.29. The molecule has 0 aliphatic carbocycles. The van der Waals surface area contributed by atoms with Crippen LogP contribution in [0, 0.1) is 0 Å². The van der Waals surface area contributed by atoms with E-state index in [0.29, 0.717) is 12.4 Å². The second kappa shape index (κ2) is 4.87. The Bertz CT molecular complexity index is 442. The Morgan fingerprint density at radius 1 is 1.53 bits per heavy atom. The summed E-state index contributed by atoms with van der Waals surface area (Å²) in [6, 6.07) is 0.124. The third kappa shape index (κ3) is 2.49. The quantitative estimate of drug-likeness (QED) is 0.826. The van der Waals surface area contributed by atoms with Crippen molar-refractivity contribution < 1.29 is 5.11 Å². The summed E-state index contributed by atoms with van der Waals surface area (Å²) in [5.74, 6) is 0.458. The van der Waals surface area contributed by atoms with Gasteiger partial charge in [-0.15, -0.1) is 0 Å². The summed E-state index contributed by atoms with van der Waals surface area (Å²) in [7, 11) is 0. The maximum atomic E-state index is 12.2. The lowest BCUT2D eigenvalue weighted by atomic mass is 10.1. The maximum Gasteiger partial charge on any atom is 0.293 e. The Morgan fingerprint density at radius 3 is 2.94 bits per heavy atom. The molecule has 0 saturated carbocycles. The first-order valence-corrected chi connectivity index (χ1v) is 6.09. The molecule has 1 atom stereocenters. The minimum absolute atomic E-state index is 0.0726. The molecule has 2 heterocycles. The molecule has 17 heavy (non-hydrogen) atoms. The number of piperidine rings is 1. The van der Waals surface area contributed by atoms with Crippen LogP contribution < -0.4 is 10.5 Å². The molecule has 1 aliphatic heterocycles. The van der Waals surface area contributed by atoms with Crippen LogP contribution in [0.2, 0.25) is 0 Å². The molecule has 1 aromatic rings. The Labute approximate surface area is 101 Å². The van der Waals surface area contributed by atoms with Gasteiger partial charge in [-0.3, -0.25) is 4.79 Å². The van der Waals surface area contributed by atoms with Crippen LogP contribution in [0.15, 0.2) is 17.2 Å². The number of hydrogen-bond acceptors (Lipinski definition) is 4. The molecule has 2 rings (SSSR count). The van der Waals surface area contributed by atoms with Crippen molar-refractivity contribution in [1.29, 1.82) is 0 Å². The first kappa shape index (κ1) is 12.1. The third-order valence-corrected chi connectivity index (χ3v) is 3.10. The molecule has 0 bridgehead atoms. The first-order valence-electron chi connectivity index (χ1n) is 6.09. The number of aliphatic hydroxyl groups excluding tert-OH is 1. The van der Waals surface area contributed by atoms with Gasteiger partial charge in [0.25, 0.3) is 5.56 Å². The molecule has 0 unspecified atom stereocenters. The van der Waals surface area contributed by atoms with Crippen LogP contribution in [0.25, 0.3) is 0 Å². The third-order valence-electron chi connectivity index (χ3n) is 3.10. The maximum absolute atomic E-state index is 12.2. The van der Waals surface area contributed by atoms with Gasteiger partial charge in [-0.1, -0.05) is 0 Å². The second-order valence-electron chi connectivity index (χ2n) is 4.80. The number of rotatable bonds is 2. The van der Waals surface area contributed by atoms with E-state index in [1.807, 2.05) is 18.7 Å². The average molecular weight is 237 g/mol. The van der Waals surface area contributed by atoms with Crippen molar-refractivity contribution in [3.8, 4) is 0 Å². The van der Waals surface area contributed by atoms with Gasteiger partial charge in [-0.2, -0.15) is 0 Å². The van der Waals surface area contributed by atoms with E-state index < -0.39 is 0 Å². The summed E-state index contributed by atoms with van der Waals surface area (Å²) in [4.78, 5) is 18.2. The summed E-state index contributed by atoms with van der Waals surface area (Å²) in [5, 5.41) is 9.63. The second-order valence-corrected chi connectivity index (χ2v) is 4.80. The van der Waals surface area contributed by atoms with Crippen molar-refractivity contribution in [2.24, 2.45) is 0 Å². The van der Waals surface area contributed by atoms with E-state index in [0.717, 1.165) is 19.4 Å². The fourth-order valence-corrected chi connectivity index (χ4v) is 2.18. The minimum atomic E-state index is -0.349. The largest absolute Gasteiger partial charge is 0.391 e. The van der Waals surface area contributed by atoms with Gasteiger partial charge in [0.15, 0.2) is 5.82 Å². The van der Waals surface area contributed by atoms with Gasteiger partial charge in [0.2, 0.25) is 0 Å². The van der Waals surface area contributed by atoms with Crippen LogP contribution in [0.1, 0.15) is 32.7 Å². The predicted octanol–water partition coefficient (Wildman–Crippen LogP) is 0.785. The zero-order valence-electron chi connectivity index (χ0n) is 10.3. The highest BCUT2D eigenvalue weighted by molar-refractivity contribution is 5.36. The van der Waals surface area contributed by atoms with Crippen molar-refractivity contribution in [2.45, 2.75) is 38.8 Å². The van der Waals surface area contributed by atoms with E-state index >= 15 is 0 Å². The van der Waals surface area contributed by atoms with Gasteiger partial charge in [0, 0.05) is 31.5 Å². The zero-order valence-corrected chi connectivity index (χ0v) is 10.3. The summed E-state index contributed by atoms with van der Waals surface area (Å²) in [5.41, 5.74) is -0.0726. The molecule has 0 spiro atoms. The summed E-state index contributed by atoms with van der Waals surface area (Å²) >= 11 is 0. The van der Waals surface area contributed by atoms with Gasteiger partial charge >= 0.3 is 0 Å². The molecule has 1 N–H and O–H groups in total. The molecule has 0 aromatic carbocycles. The van der Waals surface area contributed by atoms with E-state index in [2.05, 4.69) is 4.98 Å². The SMILES string of the molecule is CC(C)n1ccnc(N2CCC[C@H](O)C2)c1=O. The predicted molar refractivity (Wildman–Crippen MR) is 66.3 cm³/mol. The van der Waals surface area contributed by atoms with Crippen molar-refractivity contribution in [3.05, 3.63) is 22.7 Å².